The third kappa shape index (κ3) is 5.31. The number of hydrogen-bond donors (Lipinski definition) is 3. The number of nitrogens with zero attached hydrogens (tertiary/aromatic N) is 2. The molecular weight excluding hydrogens is 363 g/mol. The van der Waals surface area contributed by atoms with Crippen LogP contribution in [0, 0.1) is 5.82 Å². The highest BCUT2D eigenvalue weighted by Crippen LogP contribution is 2.23. The quantitative estimate of drug-likeness (QED) is 0.603. The van der Waals surface area contributed by atoms with E-state index in [-0.39, 0.29) is 23.9 Å². The van der Waals surface area contributed by atoms with Crippen LogP contribution in [0.3, 0.4) is 0 Å². The normalized spacial score (nSPS) is 11.8. The summed E-state index contributed by atoms with van der Waals surface area (Å²) < 4.78 is 14.3. The Morgan fingerprint density at radius 3 is 2.62 bits per heavy atom. The summed E-state index contributed by atoms with van der Waals surface area (Å²) in [7, 11) is 0. The molecule has 138 valence electrons. The number of aliphatic carboxylic acids is 1. The smallest absolute Gasteiger partial charge is 0.349 e. The number of aromatic nitrogens is 2. The van der Waals surface area contributed by atoms with Crippen LogP contribution in [0.4, 0.5) is 10.2 Å². The predicted octanol–water partition coefficient (Wildman–Crippen LogP) is 0.694. The van der Waals surface area contributed by atoms with Gasteiger partial charge in [-0.1, -0.05) is 12.1 Å². The summed E-state index contributed by atoms with van der Waals surface area (Å²) in [6.07, 6.45) is 1.46. The molecule has 0 aliphatic heterocycles. The first kappa shape index (κ1) is 19.4. The van der Waals surface area contributed by atoms with Crippen molar-refractivity contribution in [2.75, 3.05) is 11.5 Å². The van der Waals surface area contributed by atoms with E-state index < -0.39 is 23.6 Å². The molecule has 8 nitrogen and oxygen atoms in total. The van der Waals surface area contributed by atoms with Crippen LogP contribution in [0.1, 0.15) is 12.5 Å². The third-order valence-corrected chi connectivity index (χ3v) is 4.46. The van der Waals surface area contributed by atoms with Crippen molar-refractivity contribution in [3.63, 3.8) is 0 Å². The molecule has 1 heterocycles. The number of nitrogen functional groups attached to an aromatic ring is 1. The van der Waals surface area contributed by atoms with E-state index in [9.17, 15) is 18.8 Å². The summed E-state index contributed by atoms with van der Waals surface area (Å²) >= 11 is 1.06. The van der Waals surface area contributed by atoms with Gasteiger partial charge >= 0.3 is 11.7 Å². The van der Waals surface area contributed by atoms with Crippen molar-refractivity contribution >= 4 is 29.5 Å². The number of carboxylic acid groups (broad SMARTS) is 1. The lowest BCUT2D eigenvalue weighted by Gasteiger charge is -2.14. The van der Waals surface area contributed by atoms with Gasteiger partial charge in [0.05, 0.1) is 11.4 Å². The van der Waals surface area contributed by atoms with Crippen LogP contribution in [-0.4, -0.2) is 38.3 Å². The van der Waals surface area contributed by atoms with Gasteiger partial charge in [0.25, 0.3) is 0 Å². The maximum atomic E-state index is 13.0. The molecule has 0 radical (unpaired) electrons. The van der Waals surface area contributed by atoms with Gasteiger partial charge in [-0.25, -0.2) is 14.0 Å². The van der Waals surface area contributed by atoms with Crippen LogP contribution in [-0.2, 0) is 16.1 Å². The molecule has 1 unspecified atom stereocenters. The standard InChI is InChI=1S/C16H17FN4O4S/c1-9(22)19-12(15(23)24)8-26-13-7-21(16(25)20-14(13)18)6-10-2-4-11(17)5-3-10/h2-5,7,12H,6,8H2,1H3,(H,19,22)(H,23,24)(H2,18,20,25). The summed E-state index contributed by atoms with van der Waals surface area (Å²) in [5.41, 5.74) is 5.85. The van der Waals surface area contributed by atoms with Gasteiger partial charge in [-0.3, -0.25) is 9.36 Å². The number of carbonyl (C=O) groups excluding carboxylic acids is 1. The molecule has 0 fully saturated rings. The maximum absolute atomic E-state index is 13.0. The Morgan fingerprint density at radius 2 is 2.04 bits per heavy atom. The van der Waals surface area contributed by atoms with Crippen molar-refractivity contribution < 1.29 is 19.1 Å². The van der Waals surface area contributed by atoms with Gasteiger partial charge in [0.2, 0.25) is 5.91 Å². The molecule has 26 heavy (non-hydrogen) atoms. The van der Waals surface area contributed by atoms with Crippen LogP contribution < -0.4 is 16.7 Å². The minimum atomic E-state index is -1.18. The monoisotopic (exact) mass is 380 g/mol. The molecule has 2 rings (SSSR count). The molecule has 0 aliphatic carbocycles. The summed E-state index contributed by atoms with van der Waals surface area (Å²) in [5, 5.41) is 11.4. The van der Waals surface area contributed by atoms with Crippen molar-refractivity contribution in [3.8, 4) is 0 Å². The van der Waals surface area contributed by atoms with Gasteiger partial charge in [-0.2, -0.15) is 4.98 Å². The van der Waals surface area contributed by atoms with Crippen molar-refractivity contribution in [1.29, 1.82) is 0 Å². The van der Waals surface area contributed by atoms with Crippen LogP contribution in [0.2, 0.25) is 0 Å². The number of carboxylic acids is 1. The molecule has 0 aliphatic rings. The molecule has 4 N–H and O–H groups in total. The Hall–Kier alpha value is -2.88. The Morgan fingerprint density at radius 1 is 1.38 bits per heavy atom. The zero-order valence-electron chi connectivity index (χ0n) is 13.8. The van der Waals surface area contributed by atoms with Crippen LogP contribution in [0.15, 0.2) is 40.2 Å². The summed E-state index contributed by atoms with van der Waals surface area (Å²) in [6.45, 7) is 1.38. The molecule has 1 aromatic carbocycles. The minimum Gasteiger partial charge on any atom is -0.480 e. The zero-order valence-corrected chi connectivity index (χ0v) is 14.6. The van der Waals surface area contributed by atoms with Gasteiger partial charge in [-0.15, -0.1) is 11.8 Å². The number of thioether (sulfide) groups is 1. The van der Waals surface area contributed by atoms with Crippen molar-refractivity contribution in [2.45, 2.75) is 24.4 Å². The lowest BCUT2D eigenvalue weighted by molar-refractivity contribution is -0.140. The first-order valence-electron chi connectivity index (χ1n) is 7.50. The van der Waals surface area contributed by atoms with E-state index in [2.05, 4.69) is 10.3 Å². The number of amides is 1. The molecule has 1 amide bonds. The van der Waals surface area contributed by atoms with E-state index in [0.717, 1.165) is 11.8 Å². The van der Waals surface area contributed by atoms with Crippen molar-refractivity contribution in [1.82, 2.24) is 14.9 Å². The Bertz CT molecular complexity index is 870. The fraction of sp³-hybridized carbons (Fsp3) is 0.250. The summed E-state index contributed by atoms with van der Waals surface area (Å²) in [6, 6.07) is 4.55. The Labute approximate surface area is 152 Å². The van der Waals surface area contributed by atoms with Crippen LogP contribution in [0.25, 0.3) is 0 Å². The molecule has 0 saturated carbocycles. The summed E-state index contributed by atoms with van der Waals surface area (Å²) in [5.74, 6) is -2.05. The van der Waals surface area contributed by atoms with E-state index in [1.165, 1.54) is 29.8 Å². The number of benzene rings is 1. The molecule has 10 heteroatoms. The fourth-order valence-corrected chi connectivity index (χ4v) is 3.06. The minimum absolute atomic E-state index is 0.00947. The topological polar surface area (TPSA) is 127 Å². The largest absolute Gasteiger partial charge is 0.480 e. The van der Waals surface area contributed by atoms with E-state index in [0.29, 0.717) is 10.5 Å². The Kier molecular flexibility index (Phi) is 6.34. The van der Waals surface area contributed by atoms with E-state index in [1.807, 2.05) is 0 Å². The first-order chi connectivity index (χ1) is 12.3. The number of carbonyl (C=O) groups is 2. The highest BCUT2D eigenvalue weighted by molar-refractivity contribution is 7.99. The first-order valence-corrected chi connectivity index (χ1v) is 8.49. The molecule has 0 bridgehead atoms. The SMILES string of the molecule is CC(=O)NC(CSc1cn(Cc2ccc(F)cc2)c(=O)nc1N)C(=O)O. The predicted molar refractivity (Wildman–Crippen MR) is 94.4 cm³/mol. The highest BCUT2D eigenvalue weighted by Gasteiger charge is 2.19. The molecule has 1 atom stereocenters. The van der Waals surface area contributed by atoms with Crippen molar-refractivity contribution in [3.05, 3.63) is 52.3 Å². The fourth-order valence-electron chi connectivity index (χ4n) is 2.09. The second-order valence-electron chi connectivity index (χ2n) is 5.43. The second-order valence-corrected chi connectivity index (χ2v) is 6.49. The van der Waals surface area contributed by atoms with Gasteiger partial charge in [0, 0.05) is 18.9 Å². The number of nitrogens with two attached hydrogens (primary N) is 1. The molecule has 0 saturated heterocycles. The number of nitrogens with one attached hydrogen (secondary N) is 1. The van der Waals surface area contributed by atoms with E-state index in [4.69, 9.17) is 10.8 Å². The van der Waals surface area contributed by atoms with Gasteiger partial charge < -0.3 is 16.2 Å². The number of anilines is 1. The third-order valence-electron chi connectivity index (χ3n) is 3.33. The molecule has 2 aromatic rings. The van der Waals surface area contributed by atoms with Gasteiger partial charge in [0.1, 0.15) is 17.7 Å². The number of rotatable bonds is 7. The summed E-state index contributed by atoms with van der Waals surface area (Å²) in [4.78, 5) is 38.4. The van der Waals surface area contributed by atoms with Crippen LogP contribution >= 0.6 is 11.8 Å². The lowest BCUT2D eigenvalue weighted by atomic mass is 10.2. The second kappa shape index (κ2) is 8.48. The number of halogens is 1. The molecular formula is C16H17FN4O4S. The van der Waals surface area contributed by atoms with E-state index >= 15 is 0 Å². The molecule has 1 aromatic heterocycles. The van der Waals surface area contributed by atoms with Gasteiger partial charge in [0.15, 0.2) is 0 Å². The zero-order chi connectivity index (χ0) is 19.3. The van der Waals surface area contributed by atoms with Crippen molar-refractivity contribution in [2.24, 2.45) is 0 Å². The Balaban J connectivity index is 2.18. The van der Waals surface area contributed by atoms with Crippen LogP contribution in [0.5, 0.6) is 0 Å². The lowest BCUT2D eigenvalue weighted by Crippen LogP contribution is -2.41. The molecule has 0 spiro atoms. The maximum Gasteiger partial charge on any atom is 0.349 e. The number of hydrogen-bond acceptors (Lipinski definition) is 6. The average molecular weight is 380 g/mol. The highest BCUT2D eigenvalue weighted by atomic mass is 32.2. The van der Waals surface area contributed by atoms with Gasteiger partial charge in [-0.05, 0) is 17.7 Å². The van der Waals surface area contributed by atoms with E-state index in [1.54, 1.807) is 12.1 Å². The average Bonchev–Trinajstić information content (AvgIpc) is 2.56.